The normalized spacial score (nSPS) is 49.4. The first-order chi connectivity index (χ1) is 13.2. The molecule has 0 aromatic rings. The summed E-state index contributed by atoms with van der Waals surface area (Å²) in [7, 11) is 0. The molecule has 0 aromatic heterocycles. The Balaban J connectivity index is 1.49. The van der Waals surface area contributed by atoms with E-state index in [0.29, 0.717) is 10.8 Å². The van der Waals surface area contributed by atoms with Crippen LogP contribution >= 0.6 is 0 Å². The van der Waals surface area contributed by atoms with Gasteiger partial charge in [0, 0.05) is 5.54 Å². The highest BCUT2D eigenvalue weighted by Gasteiger charge is 2.63. The van der Waals surface area contributed by atoms with Crippen molar-refractivity contribution in [3.63, 3.8) is 0 Å². The van der Waals surface area contributed by atoms with Crippen LogP contribution in [0.4, 0.5) is 0 Å². The van der Waals surface area contributed by atoms with Crippen molar-refractivity contribution in [3.8, 4) is 0 Å². The first kappa shape index (κ1) is 21.2. The Morgan fingerprint density at radius 1 is 0.821 bits per heavy atom. The maximum absolute atomic E-state index is 7.13. The summed E-state index contributed by atoms with van der Waals surface area (Å²) in [5.74, 6) is 5.66. The van der Waals surface area contributed by atoms with Gasteiger partial charge in [-0.2, -0.15) is 0 Å². The molecule has 0 saturated heterocycles. The lowest BCUT2D eigenvalue weighted by atomic mass is 9.42. The topological polar surface area (TPSA) is 26.0 Å². The van der Waals surface area contributed by atoms with Gasteiger partial charge >= 0.3 is 0 Å². The van der Waals surface area contributed by atoms with Crippen LogP contribution in [0.1, 0.15) is 118 Å². The zero-order chi connectivity index (χ0) is 20.2. The summed E-state index contributed by atoms with van der Waals surface area (Å²) in [5.41, 5.74) is 8.34. The predicted octanol–water partition coefficient (Wildman–Crippen LogP) is 7.58. The molecule has 0 amide bonds. The van der Waals surface area contributed by atoms with E-state index in [1.54, 1.807) is 0 Å². The van der Waals surface area contributed by atoms with E-state index in [0.717, 1.165) is 35.5 Å². The van der Waals surface area contributed by atoms with E-state index in [1.165, 1.54) is 83.5 Å². The van der Waals surface area contributed by atoms with Crippen LogP contribution < -0.4 is 5.73 Å². The highest BCUT2D eigenvalue weighted by atomic mass is 14.8. The molecule has 0 bridgehead atoms. The van der Waals surface area contributed by atoms with E-state index in [4.69, 9.17) is 5.73 Å². The van der Waals surface area contributed by atoms with Crippen molar-refractivity contribution in [2.24, 2.45) is 52.1 Å². The van der Waals surface area contributed by atoms with Crippen molar-refractivity contribution in [2.75, 3.05) is 0 Å². The highest BCUT2D eigenvalue weighted by Crippen LogP contribution is 2.68. The van der Waals surface area contributed by atoms with Crippen LogP contribution in [-0.2, 0) is 0 Å². The number of rotatable bonds is 5. The van der Waals surface area contributed by atoms with E-state index in [-0.39, 0.29) is 5.54 Å². The van der Waals surface area contributed by atoms with Crippen molar-refractivity contribution < 1.29 is 0 Å². The van der Waals surface area contributed by atoms with Crippen molar-refractivity contribution in [1.82, 2.24) is 0 Å². The molecular formula is C27H49N. The average molecular weight is 388 g/mol. The molecule has 28 heavy (non-hydrogen) atoms. The fourth-order valence-corrected chi connectivity index (χ4v) is 9.36. The zero-order valence-electron chi connectivity index (χ0n) is 19.7. The van der Waals surface area contributed by atoms with Gasteiger partial charge in [-0.3, -0.25) is 0 Å². The second-order valence-corrected chi connectivity index (χ2v) is 12.7. The Kier molecular flexibility index (Phi) is 5.74. The van der Waals surface area contributed by atoms with Gasteiger partial charge in [-0.15, -0.1) is 0 Å². The molecule has 4 saturated carbocycles. The van der Waals surface area contributed by atoms with Crippen LogP contribution in [0.5, 0.6) is 0 Å². The van der Waals surface area contributed by atoms with Gasteiger partial charge in [0.15, 0.2) is 0 Å². The lowest BCUT2D eigenvalue weighted by Gasteiger charge is -2.64. The summed E-state index contributed by atoms with van der Waals surface area (Å²) in [6, 6.07) is 0. The molecular weight excluding hydrogens is 338 g/mol. The second-order valence-electron chi connectivity index (χ2n) is 12.7. The van der Waals surface area contributed by atoms with E-state index < -0.39 is 0 Å². The highest BCUT2D eigenvalue weighted by molar-refractivity contribution is 5.15. The Bertz CT molecular complexity index is 554. The Morgan fingerprint density at radius 2 is 1.57 bits per heavy atom. The molecule has 1 heteroatoms. The first-order valence-electron chi connectivity index (χ1n) is 13.0. The molecule has 0 spiro atoms. The summed E-state index contributed by atoms with van der Waals surface area (Å²) in [6.07, 6.45) is 18.6. The van der Waals surface area contributed by atoms with Crippen LogP contribution in [-0.4, -0.2) is 5.54 Å². The number of hydrogen-bond donors (Lipinski definition) is 1. The van der Waals surface area contributed by atoms with E-state index >= 15 is 0 Å². The minimum atomic E-state index is 0.155. The Morgan fingerprint density at radius 3 is 2.32 bits per heavy atom. The predicted molar refractivity (Wildman–Crippen MR) is 121 cm³/mol. The molecule has 0 heterocycles. The quantitative estimate of drug-likeness (QED) is 0.517. The summed E-state index contributed by atoms with van der Waals surface area (Å²) < 4.78 is 0. The van der Waals surface area contributed by atoms with Crippen molar-refractivity contribution >= 4 is 0 Å². The number of hydrogen-bond acceptors (Lipinski definition) is 1. The molecule has 4 unspecified atom stereocenters. The minimum Gasteiger partial charge on any atom is -0.325 e. The lowest BCUT2D eigenvalue weighted by Crippen LogP contribution is -2.65. The Hall–Kier alpha value is -0.0400. The molecule has 4 aliphatic rings. The van der Waals surface area contributed by atoms with Crippen LogP contribution in [0.3, 0.4) is 0 Å². The van der Waals surface area contributed by atoms with Crippen LogP contribution in [0.2, 0.25) is 0 Å². The average Bonchev–Trinajstić information content (AvgIpc) is 2.99. The van der Waals surface area contributed by atoms with Crippen molar-refractivity contribution in [1.29, 1.82) is 0 Å². The van der Waals surface area contributed by atoms with Crippen molar-refractivity contribution in [2.45, 2.75) is 124 Å². The van der Waals surface area contributed by atoms with E-state index in [9.17, 15) is 0 Å². The minimum absolute atomic E-state index is 0.155. The largest absolute Gasteiger partial charge is 0.325 e. The maximum atomic E-state index is 7.13. The van der Waals surface area contributed by atoms with Crippen LogP contribution in [0.15, 0.2) is 0 Å². The third-order valence-corrected chi connectivity index (χ3v) is 11.1. The molecule has 0 aromatic carbocycles. The fourth-order valence-electron chi connectivity index (χ4n) is 9.36. The van der Waals surface area contributed by atoms with Gasteiger partial charge in [0.25, 0.3) is 0 Å². The molecule has 4 aliphatic carbocycles. The zero-order valence-corrected chi connectivity index (χ0v) is 19.7. The van der Waals surface area contributed by atoms with Crippen LogP contribution in [0.25, 0.3) is 0 Å². The molecule has 1 nitrogen and oxygen atoms in total. The smallest absolute Gasteiger partial charge is 0.0211 e. The molecule has 4 rings (SSSR count). The van der Waals surface area contributed by atoms with Crippen molar-refractivity contribution in [3.05, 3.63) is 0 Å². The Labute approximate surface area is 176 Å². The van der Waals surface area contributed by atoms with Gasteiger partial charge in [0.2, 0.25) is 0 Å². The summed E-state index contributed by atoms with van der Waals surface area (Å²) in [4.78, 5) is 0. The van der Waals surface area contributed by atoms with E-state index in [2.05, 4.69) is 34.6 Å². The molecule has 4 fully saturated rings. The monoisotopic (exact) mass is 387 g/mol. The molecule has 0 aliphatic heterocycles. The first-order valence-corrected chi connectivity index (χ1v) is 13.0. The molecule has 8 atom stereocenters. The van der Waals surface area contributed by atoms with Gasteiger partial charge in [-0.25, -0.2) is 0 Å². The molecule has 0 radical (unpaired) electrons. The van der Waals surface area contributed by atoms with E-state index in [1.807, 2.05) is 0 Å². The fraction of sp³-hybridized carbons (Fsp3) is 1.00. The summed E-state index contributed by atoms with van der Waals surface area (Å²) in [6.45, 7) is 12.7. The second kappa shape index (κ2) is 7.58. The summed E-state index contributed by atoms with van der Waals surface area (Å²) in [5, 5.41) is 0. The van der Waals surface area contributed by atoms with Gasteiger partial charge in [0.05, 0.1) is 0 Å². The lowest BCUT2D eigenvalue weighted by molar-refractivity contribution is -0.125. The molecule has 162 valence electrons. The van der Waals surface area contributed by atoms with Gasteiger partial charge in [-0.05, 0) is 97.7 Å². The third-order valence-electron chi connectivity index (χ3n) is 11.1. The standard InChI is InChI=1S/C27H49N/c1-19(2)9-8-10-20(3)22-11-12-23-21-13-18-27(28)16-7-6-15-26(27,5)24(21)14-17-25(22,23)4/h19-24H,6-18,28H2,1-5H3/t20?,21?,22-,23?,24?,25-,26-,27+/m1/s1. The maximum Gasteiger partial charge on any atom is 0.0211 e. The SMILES string of the molecule is CC(C)CCCC(C)[C@H]1CCC2C3CC[C@@]4(N)CCCC[C@]4(C)C3CC[C@@]21C. The summed E-state index contributed by atoms with van der Waals surface area (Å²) >= 11 is 0. The van der Waals surface area contributed by atoms with Gasteiger partial charge in [0.1, 0.15) is 0 Å². The van der Waals surface area contributed by atoms with Gasteiger partial charge < -0.3 is 5.73 Å². The number of nitrogens with two attached hydrogens (primary N) is 1. The number of fused-ring (bicyclic) bond motifs is 5. The molecule has 2 N–H and O–H groups in total. The van der Waals surface area contributed by atoms with Gasteiger partial charge in [-0.1, -0.05) is 66.7 Å². The van der Waals surface area contributed by atoms with Crippen LogP contribution in [0, 0.1) is 46.3 Å². The third kappa shape index (κ3) is 3.21.